The van der Waals surface area contributed by atoms with Gasteiger partial charge in [-0.15, -0.1) is 0 Å². The summed E-state index contributed by atoms with van der Waals surface area (Å²) in [4.78, 5) is 28.8. The lowest BCUT2D eigenvalue weighted by Crippen LogP contribution is -2.44. The standard InChI is InChI=1S/C12H15N3O2S/c1-7-5-10(16)8(6-14-7)12(17)15-4-2-3-9(15)11(13)18/h5-6,9H,2-4H2,1H3,(H2,13,18)(H,14,16). The summed E-state index contributed by atoms with van der Waals surface area (Å²) in [7, 11) is 0. The number of nitrogens with one attached hydrogen (secondary N) is 1. The summed E-state index contributed by atoms with van der Waals surface area (Å²) >= 11 is 4.95. The molecule has 3 N–H and O–H groups in total. The Morgan fingerprint density at radius 3 is 2.94 bits per heavy atom. The van der Waals surface area contributed by atoms with Crippen molar-refractivity contribution in [2.75, 3.05) is 6.54 Å². The van der Waals surface area contributed by atoms with Crippen molar-refractivity contribution in [3.63, 3.8) is 0 Å². The van der Waals surface area contributed by atoms with Crippen molar-refractivity contribution in [1.29, 1.82) is 0 Å². The number of hydrogen-bond acceptors (Lipinski definition) is 3. The number of aromatic nitrogens is 1. The average Bonchev–Trinajstić information content (AvgIpc) is 2.77. The predicted molar refractivity (Wildman–Crippen MR) is 72.6 cm³/mol. The molecule has 1 aliphatic heterocycles. The summed E-state index contributed by atoms with van der Waals surface area (Å²) in [6.07, 6.45) is 3.08. The summed E-state index contributed by atoms with van der Waals surface area (Å²) in [5.41, 5.74) is 6.21. The van der Waals surface area contributed by atoms with Crippen molar-refractivity contribution in [2.24, 2.45) is 5.73 Å². The number of H-pyrrole nitrogens is 1. The van der Waals surface area contributed by atoms with Gasteiger partial charge in [-0.25, -0.2) is 0 Å². The van der Waals surface area contributed by atoms with E-state index in [-0.39, 0.29) is 22.9 Å². The first-order chi connectivity index (χ1) is 8.50. The summed E-state index contributed by atoms with van der Waals surface area (Å²) in [5.74, 6) is -0.299. The lowest BCUT2D eigenvalue weighted by Gasteiger charge is -2.23. The van der Waals surface area contributed by atoms with Gasteiger partial charge in [-0.3, -0.25) is 9.59 Å². The zero-order chi connectivity index (χ0) is 13.3. The number of likely N-dealkylation sites (tertiary alicyclic amines) is 1. The van der Waals surface area contributed by atoms with Crippen LogP contribution in [0, 0.1) is 6.92 Å². The maximum Gasteiger partial charge on any atom is 0.259 e. The van der Waals surface area contributed by atoms with Gasteiger partial charge in [0.1, 0.15) is 5.56 Å². The van der Waals surface area contributed by atoms with Crippen LogP contribution in [0.5, 0.6) is 0 Å². The molecule has 96 valence electrons. The number of aromatic amines is 1. The maximum atomic E-state index is 12.3. The van der Waals surface area contributed by atoms with E-state index in [1.165, 1.54) is 12.3 Å². The molecule has 6 heteroatoms. The largest absolute Gasteiger partial charge is 0.392 e. The van der Waals surface area contributed by atoms with Gasteiger partial charge in [-0.2, -0.15) is 0 Å². The van der Waals surface area contributed by atoms with Gasteiger partial charge >= 0.3 is 0 Å². The number of carbonyl (C=O) groups excluding carboxylic acids is 1. The monoisotopic (exact) mass is 265 g/mol. The van der Waals surface area contributed by atoms with E-state index in [9.17, 15) is 9.59 Å². The van der Waals surface area contributed by atoms with Crippen molar-refractivity contribution in [1.82, 2.24) is 9.88 Å². The van der Waals surface area contributed by atoms with E-state index < -0.39 is 0 Å². The summed E-state index contributed by atoms with van der Waals surface area (Å²) < 4.78 is 0. The van der Waals surface area contributed by atoms with E-state index >= 15 is 0 Å². The van der Waals surface area contributed by atoms with E-state index in [1.807, 2.05) is 0 Å². The molecule has 0 aliphatic carbocycles. The highest BCUT2D eigenvalue weighted by molar-refractivity contribution is 7.80. The van der Waals surface area contributed by atoms with E-state index in [0.29, 0.717) is 11.5 Å². The summed E-state index contributed by atoms with van der Waals surface area (Å²) in [6.45, 7) is 2.36. The zero-order valence-corrected chi connectivity index (χ0v) is 10.9. The Hall–Kier alpha value is -1.69. The van der Waals surface area contributed by atoms with Gasteiger partial charge in [0.2, 0.25) is 0 Å². The molecular formula is C12H15N3O2S. The molecule has 2 heterocycles. The minimum absolute atomic E-state index is 0.142. The molecule has 1 aliphatic rings. The van der Waals surface area contributed by atoms with Crippen LogP contribution in [0.1, 0.15) is 28.9 Å². The van der Waals surface area contributed by atoms with Crippen LogP contribution in [0.3, 0.4) is 0 Å². The molecule has 2 rings (SSSR count). The number of carbonyl (C=O) groups is 1. The first-order valence-electron chi connectivity index (χ1n) is 5.80. The average molecular weight is 265 g/mol. The number of pyridine rings is 1. The lowest BCUT2D eigenvalue weighted by atomic mass is 10.2. The molecule has 1 fully saturated rings. The van der Waals surface area contributed by atoms with Gasteiger partial charge in [-0.1, -0.05) is 12.2 Å². The Bertz CT molecular complexity index is 552. The Morgan fingerprint density at radius 2 is 2.33 bits per heavy atom. The second-order valence-corrected chi connectivity index (χ2v) is 4.92. The van der Waals surface area contributed by atoms with Crippen LogP contribution in [0.15, 0.2) is 17.1 Å². The quantitative estimate of drug-likeness (QED) is 0.766. The lowest BCUT2D eigenvalue weighted by molar-refractivity contribution is 0.0768. The third-order valence-corrected chi connectivity index (χ3v) is 3.40. The van der Waals surface area contributed by atoms with Gasteiger partial charge in [0, 0.05) is 24.5 Å². The van der Waals surface area contributed by atoms with Gasteiger partial charge in [-0.05, 0) is 19.8 Å². The van der Waals surface area contributed by atoms with Crippen molar-refractivity contribution in [2.45, 2.75) is 25.8 Å². The molecular weight excluding hydrogens is 250 g/mol. The van der Waals surface area contributed by atoms with Crippen LogP contribution in [0.2, 0.25) is 0 Å². The van der Waals surface area contributed by atoms with Gasteiger partial charge < -0.3 is 15.6 Å². The van der Waals surface area contributed by atoms with Gasteiger partial charge in [0.25, 0.3) is 5.91 Å². The minimum atomic E-state index is -0.299. The van der Waals surface area contributed by atoms with Crippen LogP contribution in [-0.2, 0) is 0 Å². The molecule has 1 atom stereocenters. The summed E-state index contributed by atoms with van der Waals surface area (Å²) in [6, 6.07) is 1.19. The number of nitrogens with two attached hydrogens (primary N) is 1. The van der Waals surface area contributed by atoms with E-state index in [0.717, 1.165) is 18.5 Å². The smallest absolute Gasteiger partial charge is 0.259 e. The Balaban J connectivity index is 2.31. The number of hydrogen-bond donors (Lipinski definition) is 2. The second kappa shape index (κ2) is 4.89. The fraction of sp³-hybridized carbons (Fsp3) is 0.417. The fourth-order valence-electron chi connectivity index (χ4n) is 2.20. The van der Waals surface area contributed by atoms with E-state index in [4.69, 9.17) is 18.0 Å². The first-order valence-corrected chi connectivity index (χ1v) is 6.21. The molecule has 0 saturated carbocycles. The minimum Gasteiger partial charge on any atom is -0.392 e. The highest BCUT2D eigenvalue weighted by atomic mass is 32.1. The summed E-state index contributed by atoms with van der Waals surface area (Å²) in [5, 5.41) is 0. The van der Waals surface area contributed by atoms with E-state index in [2.05, 4.69) is 4.98 Å². The molecule has 5 nitrogen and oxygen atoms in total. The molecule has 18 heavy (non-hydrogen) atoms. The van der Waals surface area contributed by atoms with Crippen LogP contribution in [0.25, 0.3) is 0 Å². The molecule has 0 radical (unpaired) electrons. The van der Waals surface area contributed by atoms with Crippen LogP contribution < -0.4 is 11.2 Å². The molecule has 0 aromatic carbocycles. The van der Waals surface area contributed by atoms with Crippen LogP contribution in [-0.4, -0.2) is 33.4 Å². The van der Waals surface area contributed by atoms with Crippen molar-refractivity contribution < 1.29 is 4.79 Å². The normalized spacial score (nSPS) is 18.9. The van der Waals surface area contributed by atoms with Crippen LogP contribution in [0.4, 0.5) is 0 Å². The zero-order valence-electron chi connectivity index (χ0n) is 10.1. The van der Waals surface area contributed by atoms with Gasteiger partial charge in [0.15, 0.2) is 5.43 Å². The Kier molecular flexibility index (Phi) is 3.47. The van der Waals surface area contributed by atoms with E-state index in [1.54, 1.807) is 11.8 Å². The SMILES string of the molecule is Cc1cc(=O)c(C(=O)N2CCCC2C(N)=S)c[nH]1. The second-order valence-electron chi connectivity index (χ2n) is 4.45. The van der Waals surface area contributed by atoms with Gasteiger partial charge in [0.05, 0.1) is 11.0 Å². The third kappa shape index (κ3) is 2.28. The number of nitrogens with zero attached hydrogens (tertiary/aromatic N) is 1. The number of aryl methyl sites for hydroxylation is 1. The first kappa shape index (κ1) is 12.8. The molecule has 0 spiro atoms. The maximum absolute atomic E-state index is 12.3. The topological polar surface area (TPSA) is 79.2 Å². The molecule has 0 bridgehead atoms. The predicted octanol–water partition coefficient (Wildman–Crippen LogP) is 0.574. The molecule has 1 aromatic rings. The Labute approximate surface area is 110 Å². The van der Waals surface area contributed by atoms with Crippen molar-refractivity contribution >= 4 is 23.1 Å². The molecule has 1 amide bonds. The number of rotatable bonds is 2. The third-order valence-electron chi connectivity index (χ3n) is 3.13. The molecule has 1 saturated heterocycles. The molecule has 1 unspecified atom stereocenters. The Morgan fingerprint density at radius 1 is 1.61 bits per heavy atom. The highest BCUT2D eigenvalue weighted by Gasteiger charge is 2.32. The van der Waals surface area contributed by atoms with Crippen molar-refractivity contribution in [3.05, 3.63) is 33.7 Å². The van der Waals surface area contributed by atoms with Crippen LogP contribution >= 0.6 is 12.2 Å². The highest BCUT2D eigenvalue weighted by Crippen LogP contribution is 2.19. The number of amides is 1. The fourth-order valence-corrected chi connectivity index (χ4v) is 2.45. The number of thiocarbonyl (C=S) groups is 1. The molecule has 1 aromatic heterocycles. The van der Waals surface area contributed by atoms with Crippen molar-refractivity contribution in [3.8, 4) is 0 Å².